The highest BCUT2D eigenvalue weighted by Crippen LogP contribution is 2.36. The molecule has 11 nitrogen and oxygen atoms in total. The van der Waals surface area contributed by atoms with E-state index < -0.39 is 10.0 Å². The number of likely N-dealkylation sites (tertiary alicyclic amines) is 1. The molecule has 5 heterocycles. The number of nitrogens with zero attached hydrogens (tertiary/aromatic N) is 7. The second-order valence-electron chi connectivity index (χ2n) is 11.6. The number of amides is 1. The second kappa shape index (κ2) is 11.0. The Morgan fingerprint density at radius 1 is 1.02 bits per heavy atom. The Bertz CT molecular complexity index is 1570. The largest absolute Gasteiger partial charge is 0.356 e. The van der Waals surface area contributed by atoms with Crippen LogP contribution in [0, 0.1) is 0 Å². The van der Waals surface area contributed by atoms with Crippen molar-refractivity contribution in [2.75, 3.05) is 67.6 Å². The molecular weight excluding hydrogens is 564 g/mol. The van der Waals surface area contributed by atoms with Gasteiger partial charge in [0.05, 0.1) is 29.2 Å². The van der Waals surface area contributed by atoms with Crippen LogP contribution in [0.25, 0.3) is 5.65 Å². The molecule has 0 saturated carbocycles. The van der Waals surface area contributed by atoms with Gasteiger partial charge >= 0.3 is 0 Å². The summed E-state index contributed by atoms with van der Waals surface area (Å²) in [6, 6.07) is 9.00. The number of nitrogens with one attached hydrogen (secondary N) is 1. The predicted octanol–water partition coefficient (Wildman–Crippen LogP) is 3.47. The Morgan fingerprint density at radius 2 is 1.83 bits per heavy atom. The molecule has 2 atom stereocenters. The van der Waals surface area contributed by atoms with Gasteiger partial charge in [0.1, 0.15) is 11.6 Å². The zero-order chi connectivity index (χ0) is 28.9. The van der Waals surface area contributed by atoms with Crippen molar-refractivity contribution in [3.8, 4) is 0 Å². The Hall–Kier alpha value is -3.09. The minimum absolute atomic E-state index is 0.217. The molecule has 3 saturated heterocycles. The quantitative estimate of drug-likeness (QED) is 0.439. The topological polar surface area (TPSA) is 106 Å². The summed E-state index contributed by atoms with van der Waals surface area (Å²) >= 11 is 6.26. The van der Waals surface area contributed by atoms with E-state index in [1.54, 1.807) is 11.0 Å². The third kappa shape index (κ3) is 5.69. The zero-order valence-electron chi connectivity index (χ0n) is 23.8. The molecule has 0 radical (unpaired) electrons. The number of hydrogen-bond acceptors (Lipinski definition) is 8. The maximum atomic E-state index is 14.0. The lowest BCUT2D eigenvalue weighted by Crippen LogP contribution is -2.39. The van der Waals surface area contributed by atoms with Gasteiger partial charge in [-0.25, -0.2) is 13.4 Å². The van der Waals surface area contributed by atoms with E-state index in [4.69, 9.17) is 21.7 Å². The lowest BCUT2D eigenvalue weighted by Gasteiger charge is -2.35. The van der Waals surface area contributed by atoms with Crippen molar-refractivity contribution >= 4 is 50.5 Å². The first-order valence-corrected chi connectivity index (χ1v) is 16.5. The highest BCUT2D eigenvalue weighted by atomic mass is 35.5. The summed E-state index contributed by atoms with van der Waals surface area (Å²) in [5.41, 5.74) is 2.00. The molecule has 1 aromatic carbocycles. The summed E-state index contributed by atoms with van der Waals surface area (Å²) in [6.45, 7) is 4.39. The van der Waals surface area contributed by atoms with Crippen molar-refractivity contribution in [3.05, 3.63) is 46.6 Å². The fourth-order valence-electron chi connectivity index (χ4n) is 6.05. The van der Waals surface area contributed by atoms with Crippen LogP contribution in [0.2, 0.25) is 5.02 Å². The van der Waals surface area contributed by atoms with Gasteiger partial charge in [-0.15, -0.1) is 0 Å². The molecule has 0 bridgehead atoms. The number of likely N-dealkylation sites (N-methyl/N-ethyl adjacent to an activating group) is 1. The van der Waals surface area contributed by atoms with E-state index in [1.165, 1.54) is 12.1 Å². The average molecular weight is 601 g/mol. The highest BCUT2D eigenvalue weighted by Gasteiger charge is 2.34. The van der Waals surface area contributed by atoms with Crippen LogP contribution >= 0.6 is 11.6 Å². The first-order valence-electron chi connectivity index (χ1n) is 14.2. The Balaban J connectivity index is 1.38. The van der Waals surface area contributed by atoms with Crippen molar-refractivity contribution in [2.24, 2.45) is 0 Å². The summed E-state index contributed by atoms with van der Waals surface area (Å²) in [6.07, 6.45) is 5.88. The minimum atomic E-state index is -3.59. The molecule has 13 heteroatoms. The lowest BCUT2D eigenvalue weighted by molar-refractivity contribution is 0.0607. The number of piperidine rings is 1. The van der Waals surface area contributed by atoms with Crippen molar-refractivity contribution in [2.45, 2.75) is 44.2 Å². The fraction of sp³-hybridized carbons (Fsp3) is 0.536. The number of aromatic nitrogens is 3. The molecule has 1 unspecified atom stereocenters. The summed E-state index contributed by atoms with van der Waals surface area (Å²) in [7, 11) is 0.658. The van der Waals surface area contributed by atoms with Crippen LogP contribution in [-0.4, -0.2) is 97.8 Å². The predicted molar refractivity (Wildman–Crippen MR) is 162 cm³/mol. The summed E-state index contributed by atoms with van der Waals surface area (Å²) in [4.78, 5) is 27.7. The number of benzene rings is 1. The van der Waals surface area contributed by atoms with E-state index in [0.29, 0.717) is 17.6 Å². The Kier molecular flexibility index (Phi) is 7.50. The zero-order valence-corrected chi connectivity index (χ0v) is 25.3. The van der Waals surface area contributed by atoms with Crippen LogP contribution in [0.3, 0.4) is 0 Å². The van der Waals surface area contributed by atoms with Gasteiger partial charge in [0, 0.05) is 55.9 Å². The van der Waals surface area contributed by atoms with Crippen LogP contribution in [-0.2, 0) is 10.0 Å². The third-order valence-electron chi connectivity index (χ3n) is 8.42. The Morgan fingerprint density at radius 3 is 2.51 bits per heavy atom. The van der Waals surface area contributed by atoms with E-state index in [-0.39, 0.29) is 23.2 Å². The van der Waals surface area contributed by atoms with Crippen molar-refractivity contribution in [1.29, 1.82) is 0 Å². The number of fused-ring (bicyclic) bond motifs is 1. The summed E-state index contributed by atoms with van der Waals surface area (Å²) < 4.78 is 28.5. The van der Waals surface area contributed by atoms with Gasteiger partial charge in [-0.2, -0.15) is 9.61 Å². The molecule has 0 spiro atoms. The van der Waals surface area contributed by atoms with E-state index >= 15 is 0 Å². The van der Waals surface area contributed by atoms with Crippen LogP contribution in [0.15, 0.2) is 30.3 Å². The molecule has 2 aromatic heterocycles. The molecule has 220 valence electrons. The van der Waals surface area contributed by atoms with Crippen LogP contribution in [0.5, 0.6) is 0 Å². The second-order valence-corrected chi connectivity index (χ2v) is 13.8. The minimum Gasteiger partial charge on any atom is -0.356 e. The van der Waals surface area contributed by atoms with Gasteiger partial charge in [0.15, 0.2) is 5.65 Å². The van der Waals surface area contributed by atoms with E-state index in [0.717, 1.165) is 87.5 Å². The van der Waals surface area contributed by atoms with Gasteiger partial charge in [-0.1, -0.05) is 11.6 Å². The SMILES string of the molecule is CN(C)C1CCN(c2cc(N3CCC3)nc3cc([C@@H]4CCCCN4C(=O)c4cc(Cl)ccc4NS(C)(=O)=O)nn23)C1. The molecule has 1 amide bonds. The van der Waals surface area contributed by atoms with Crippen LogP contribution in [0.1, 0.15) is 54.2 Å². The highest BCUT2D eigenvalue weighted by molar-refractivity contribution is 7.92. The standard InChI is InChI=1S/C28H37ClN8O3S/c1-33(2)20-10-14-35(18-20)27-17-25(34-11-6-12-34)30-26-16-23(31-37(26)27)24-7-4-5-13-36(24)28(38)21-15-19(29)8-9-22(21)32-41(3,39)40/h8-9,15-17,20,24,32H,4-7,10-14,18H2,1-3H3/t20?,24-/m0/s1. The van der Waals surface area contributed by atoms with Gasteiger partial charge in [-0.3, -0.25) is 9.52 Å². The first-order chi connectivity index (χ1) is 19.6. The van der Waals surface area contributed by atoms with E-state index in [2.05, 4.69) is 39.6 Å². The molecular formula is C28H37ClN8O3S. The molecule has 41 heavy (non-hydrogen) atoms. The number of carbonyl (C=O) groups excluding carboxylic acids is 1. The summed E-state index contributed by atoms with van der Waals surface area (Å²) in [5.74, 6) is 1.71. The van der Waals surface area contributed by atoms with Crippen LogP contribution in [0.4, 0.5) is 17.3 Å². The normalized spacial score (nSPS) is 21.5. The first kappa shape index (κ1) is 28.0. The lowest BCUT2D eigenvalue weighted by atomic mass is 9.98. The molecule has 0 aliphatic carbocycles. The molecule has 3 aromatic rings. The number of rotatable bonds is 7. The van der Waals surface area contributed by atoms with E-state index in [1.807, 2.05) is 10.6 Å². The third-order valence-corrected chi connectivity index (χ3v) is 9.25. The van der Waals surface area contributed by atoms with Crippen molar-refractivity contribution in [3.63, 3.8) is 0 Å². The monoisotopic (exact) mass is 600 g/mol. The molecule has 3 aliphatic rings. The van der Waals surface area contributed by atoms with Gasteiger partial charge in [0.25, 0.3) is 5.91 Å². The number of halogens is 1. The Labute approximate surface area is 246 Å². The summed E-state index contributed by atoms with van der Waals surface area (Å²) in [5, 5.41) is 5.43. The van der Waals surface area contributed by atoms with Gasteiger partial charge < -0.3 is 19.6 Å². The number of sulfonamides is 1. The molecule has 3 aliphatic heterocycles. The van der Waals surface area contributed by atoms with Crippen molar-refractivity contribution < 1.29 is 13.2 Å². The number of hydrogen-bond donors (Lipinski definition) is 1. The molecule has 6 rings (SSSR count). The maximum absolute atomic E-state index is 14.0. The average Bonchev–Trinajstić information content (AvgIpc) is 3.55. The molecule has 1 N–H and O–H groups in total. The van der Waals surface area contributed by atoms with Crippen molar-refractivity contribution in [1.82, 2.24) is 24.4 Å². The maximum Gasteiger partial charge on any atom is 0.256 e. The number of carbonyl (C=O) groups is 1. The van der Waals surface area contributed by atoms with Gasteiger partial charge in [-0.05, 0) is 64.4 Å². The van der Waals surface area contributed by atoms with Crippen LogP contribution < -0.4 is 14.5 Å². The smallest absolute Gasteiger partial charge is 0.256 e. The molecule has 3 fully saturated rings. The fourth-order valence-corrected chi connectivity index (χ4v) is 6.80. The van der Waals surface area contributed by atoms with E-state index in [9.17, 15) is 13.2 Å². The number of anilines is 3. The van der Waals surface area contributed by atoms with Gasteiger partial charge in [0.2, 0.25) is 10.0 Å².